The van der Waals surface area contributed by atoms with E-state index in [1.165, 1.54) is 6.07 Å². The number of urea groups is 1. The Morgan fingerprint density at radius 1 is 1.33 bits per heavy atom. The first-order valence-electron chi connectivity index (χ1n) is 7.89. The molecule has 1 atom stereocenters. The van der Waals surface area contributed by atoms with Gasteiger partial charge in [-0.15, -0.1) is 0 Å². The molecule has 0 saturated carbocycles. The van der Waals surface area contributed by atoms with Gasteiger partial charge in [0.15, 0.2) is 11.5 Å². The fourth-order valence-electron chi connectivity index (χ4n) is 2.47. The first kappa shape index (κ1) is 17.7. The molecule has 0 aromatic heterocycles. The summed E-state index contributed by atoms with van der Waals surface area (Å²) in [5.41, 5.74) is 1.39. The molecular weight excluding hydrogens is 312 g/mol. The average molecular weight is 334 g/mol. The Morgan fingerprint density at radius 3 is 2.75 bits per heavy atom. The average Bonchev–Trinajstić information content (AvgIpc) is 2.54. The maximum Gasteiger partial charge on any atom is 0.338 e. The molecule has 0 spiro atoms. The molecule has 0 fully saturated rings. The lowest BCUT2D eigenvalue weighted by Gasteiger charge is -2.28. The SMILES string of the molecule is CCCOC(=O)C1=C(C)NC(=O)N[C@@H]1c1ccc(O)c(OCC)c1. The van der Waals surface area contributed by atoms with E-state index in [0.29, 0.717) is 42.2 Å². The largest absolute Gasteiger partial charge is 0.504 e. The van der Waals surface area contributed by atoms with Crippen molar-refractivity contribution in [1.82, 2.24) is 10.6 Å². The fourth-order valence-corrected chi connectivity index (χ4v) is 2.47. The van der Waals surface area contributed by atoms with Crippen LogP contribution in [0.2, 0.25) is 0 Å². The number of hydrogen-bond donors (Lipinski definition) is 3. The lowest BCUT2D eigenvalue weighted by Crippen LogP contribution is -2.45. The van der Waals surface area contributed by atoms with Gasteiger partial charge in [0.25, 0.3) is 0 Å². The molecule has 0 saturated heterocycles. The van der Waals surface area contributed by atoms with E-state index in [-0.39, 0.29) is 5.75 Å². The van der Waals surface area contributed by atoms with Gasteiger partial charge in [-0.25, -0.2) is 9.59 Å². The van der Waals surface area contributed by atoms with Crippen molar-refractivity contribution >= 4 is 12.0 Å². The van der Waals surface area contributed by atoms with Crippen molar-refractivity contribution in [3.05, 3.63) is 35.0 Å². The fraction of sp³-hybridized carbons (Fsp3) is 0.412. The highest BCUT2D eigenvalue weighted by Crippen LogP contribution is 2.34. The molecular formula is C17H22N2O5. The Bertz CT molecular complexity index is 669. The van der Waals surface area contributed by atoms with Crippen LogP contribution in [0.4, 0.5) is 4.79 Å². The second kappa shape index (κ2) is 7.72. The molecule has 1 aliphatic heterocycles. The van der Waals surface area contributed by atoms with Crippen LogP contribution in [0.25, 0.3) is 0 Å². The van der Waals surface area contributed by atoms with Gasteiger partial charge in [-0.1, -0.05) is 13.0 Å². The predicted octanol–water partition coefficient (Wildman–Crippen LogP) is 2.37. The van der Waals surface area contributed by atoms with Crippen molar-refractivity contribution in [2.45, 2.75) is 33.2 Å². The molecule has 7 heteroatoms. The number of allylic oxidation sites excluding steroid dienone is 1. The van der Waals surface area contributed by atoms with Crippen molar-refractivity contribution in [2.75, 3.05) is 13.2 Å². The van der Waals surface area contributed by atoms with Crippen molar-refractivity contribution in [3.8, 4) is 11.5 Å². The third-order valence-electron chi connectivity index (χ3n) is 3.54. The zero-order valence-electron chi connectivity index (χ0n) is 14.0. The van der Waals surface area contributed by atoms with Gasteiger partial charge in [0.1, 0.15) is 0 Å². The lowest BCUT2D eigenvalue weighted by atomic mass is 9.95. The van der Waals surface area contributed by atoms with Crippen LogP contribution >= 0.6 is 0 Å². The minimum atomic E-state index is -0.678. The van der Waals surface area contributed by atoms with Crippen LogP contribution in [0.5, 0.6) is 11.5 Å². The molecule has 2 rings (SSSR count). The van der Waals surface area contributed by atoms with Crippen LogP contribution < -0.4 is 15.4 Å². The number of carbonyl (C=O) groups excluding carboxylic acids is 2. The monoisotopic (exact) mass is 334 g/mol. The summed E-state index contributed by atoms with van der Waals surface area (Å²) < 4.78 is 10.6. The third-order valence-corrected chi connectivity index (χ3v) is 3.54. The summed E-state index contributed by atoms with van der Waals surface area (Å²) >= 11 is 0. The van der Waals surface area contributed by atoms with E-state index < -0.39 is 18.0 Å². The summed E-state index contributed by atoms with van der Waals surface area (Å²) in [6.45, 7) is 6.04. The van der Waals surface area contributed by atoms with Gasteiger partial charge in [-0.3, -0.25) is 0 Å². The van der Waals surface area contributed by atoms with E-state index >= 15 is 0 Å². The summed E-state index contributed by atoms with van der Waals surface area (Å²) in [5, 5.41) is 15.1. The molecule has 1 aromatic carbocycles. The summed E-state index contributed by atoms with van der Waals surface area (Å²) in [6, 6.07) is 3.63. The van der Waals surface area contributed by atoms with Crippen LogP contribution in [0.1, 0.15) is 38.8 Å². The van der Waals surface area contributed by atoms with Gasteiger partial charge in [0.2, 0.25) is 0 Å². The van der Waals surface area contributed by atoms with E-state index in [9.17, 15) is 14.7 Å². The first-order valence-corrected chi connectivity index (χ1v) is 7.89. The van der Waals surface area contributed by atoms with Gasteiger partial charge in [-0.2, -0.15) is 0 Å². The Kier molecular flexibility index (Phi) is 5.68. The number of phenolic OH excluding ortho intramolecular Hbond substituents is 1. The van der Waals surface area contributed by atoms with Gasteiger partial charge in [0.05, 0.1) is 24.8 Å². The Morgan fingerprint density at radius 2 is 2.08 bits per heavy atom. The molecule has 130 valence electrons. The number of rotatable bonds is 6. The zero-order chi connectivity index (χ0) is 17.7. The number of esters is 1. The molecule has 0 aliphatic carbocycles. The second-order valence-corrected chi connectivity index (χ2v) is 5.37. The quantitative estimate of drug-likeness (QED) is 0.694. The van der Waals surface area contributed by atoms with Crippen LogP contribution in [0.15, 0.2) is 29.5 Å². The topological polar surface area (TPSA) is 96.9 Å². The van der Waals surface area contributed by atoms with Crippen molar-refractivity contribution in [1.29, 1.82) is 0 Å². The maximum atomic E-state index is 12.4. The maximum absolute atomic E-state index is 12.4. The molecule has 0 radical (unpaired) electrons. The molecule has 1 heterocycles. The summed E-state index contributed by atoms with van der Waals surface area (Å²) in [4.78, 5) is 24.2. The lowest BCUT2D eigenvalue weighted by molar-refractivity contribution is -0.139. The Hall–Kier alpha value is -2.70. The minimum absolute atomic E-state index is 0.00308. The van der Waals surface area contributed by atoms with E-state index in [0.717, 1.165) is 0 Å². The van der Waals surface area contributed by atoms with Gasteiger partial charge < -0.3 is 25.2 Å². The van der Waals surface area contributed by atoms with E-state index in [2.05, 4.69) is 10.6 Å². The normalized spacial score (nSPS) is 17.1. The zero-order valence-corrected chi connectivity index (χ0v) is 14.0. The van der Waals surface area contributed by atoms with E-state index in [1.807, 2.05) is 6.92 Å². The standard InChI is InChI=1S/C17H22N2O5/c1-4-8-24-16(21)14-10(3)18-17(22)19-15(14)11-6-7-12(20)13(9-11)23-5-2/h6-7,9,15,20H,4-5,8H2,1-3H3,(H2,18,19,22)/t15-/m1/s1. The van der Waals surface area contributed by atoms with Crippen LogP contribution in [-0.2, 0) is 9.53 Å². The number of carbonyl (C=O) groups is 2. The molecule has 0 unspecified atom stereocenters. The van der Waals surface area contributed by atoms with Crippen LogP contribution in [-0.4, -0.2) is 30.3 Å². The Labute approximate surface area is 140 Å². The molecule has 3 N–H and O–H groups in total. The summed E-state index contributed by atoms with van der Waals surface area (Å²) in [7, 11) is 0. The molecule has 7 nitrogen and oxygen atoms in total. The minimum Gasteiger partial charge on any atom is -0.504 e. The number of amides is 2. The number of nitrogens with one attached hydrogen (secondary N) is 2. The van der Waals surface area contributed by atoms with Crippen LogP contribution in [0.3, 0.4) is 0 Å². The second-order valence-electron chi connectivity index (χ2n) is 5.37. The highest BCUT2D eigenvalue weighted by atomic mass is 16.5. The first-order chi connectivity index (χ1) is 11.5. The van der Waals surface area contributed by atoms with Crippen molar-refractivity contribution in [2.24, 2.45) is 0 Å². The molecule has 2 amide bonds. The van der Waals surface area contributed by atoms with Gasteiger partial charge >= 0.3 is 12.0 Å². The van der Waals surface area contributed by atoms with Crippen molar-refractivity contribution < 1.29 is 24.2 Å². The highest BCUT2D eigenvalue weighted by Gasteiger charge is 2.32. The number of phenols is 1. The molecule has 0 bridgehead atoms. The number of aromatic hydroxyl groups is 1. The molecule has 24 heavy (non-hydrogen) atoms. The molecule has 1 aromatic rings. The number of benzene rings is 1. The predicted molar refractivity (Wildman–Crippen MR) is 87.6 cm³/mol. The third kappa shape index (κ3) is 3.79. The van der Waals surface area contributed by atoms with Crippen molar-refractivity contribution in [3.63, 3.8) is 0 Å². The highest BCUT2D eigenvalue weighted by molar-refractivity contribution is 5.95. The summed E-state index contributed by atoms with van der Waals surface area (Å²) in [5.74, 6) is -0.198. The summed E-state index contributed by atoms with van der Waals surface area (Å²) in [6.07, 6.45) is 0.705. The van der Waals surface area contributed by atoms with E-state index in [1.54, 1.807) is 26.0 Å². The number of ether oxygens (including phenoxy) is 2. The van der Waals surface area contributed by atoms with E-state index in [4.69, 9.17) is 9.47 Å². The Balaban J connectivity index is 2.41. The number of hydrogen-bond acceptors (Lipinski definition) is 5. The smallest absolute Gasteiger partial charge is 0.338 e. The van der Waals surface area contributed by atoms with Gasteiger partial charge in [0, 0.05) is 5.70 Å². The molecule has 1 aliphatic rings. The van der Waals surface area contributed by atoms with Crippen LogP contribution in [0, 0.1) is 0 Å². The van der Waals surface area contributed by atoms with Gasteiger partial charge in [-0.05, 0) is 38.0 Å².